The van der Waals surface area contributed by atoms with Gasteiger partial charge in [-0.2, -0.15) is 0 Å². The summed E-state index contributed by atoms with van der Waals surface area (Å²) in [6.07, 6.45) is 21.7. The minimum atomic E-state index is -3.00. The lowest BCUT2D eigenvalue weighted by Gasteiger charge is -2.40. The quantitative estimate of drug-likeness (QED) is 0.169. The summed E-state index contributed by atoms with van der Waals surface area (Å²) in [5, 5.41) is -0.0799. The van der Waals surface area contributed by atoms with Crippen molar-refractivity contribution in [2.24, 2.45) is 68.0 Å². The fourth-order valence-electron chi connectivity index (χ4n) is 16.9. The van der Waals surface area contributed by atoms with Crippen LogP contribution in [0.3, 0.4) is 0 Å². The van der Waals surface area contributed by atoms with Crippen molar-refractivity contribution in [3.05, 3.63) is 0 Å². The van der Waals surface area contributed by atoms with Gasteiger partial charge in [0.2, 0.25) is 55.5 Å². The van der Waals surface area contributed by atoms with Crippen LogP contribution in [0, 0.1) is 68.0 Å². The molecule has 9 aliphatic rings. The van der Waals surface area contributed by atoms with Crippen molar-refractivity contribution in [3.63, 3.8) is 0 Å². The van der Waals surface area contributed by atoms with Crippen molar-refractivity contribution in [2.75, 3.05) is 145 Å². The summed E-state index contributed by atoms with van der Waals surface area (Å²) >= 11 is 0. The normalized spacial score (nSPS) is 22.0. The number of hydrogen-bond acceptors (Lipinski definition) is 12. The fourth-order valence-corrected chi connectivity index (χ4v) is 20.1. The molecule has 20 nitrogen and oxygen atoms in total. The van der Waals surface area contributed by atoms with E-state index in [0.29, 0.717) is 108 Å². The number of piperidine rings is 7. The molecule has 1 unspecified atom stereocenters. The van der Waals surface area contributed by atoms with Crippen LogP contribution >= 0.6 is 0 Å². The average Bonchev–Trinajstić information content (AvgIpc) is 1.59. The molecule has 22 heteroatoms. The largest absolute Gasteiger partial charge is 0.343 e. The van der Waals surface area contributed by atoms with Crippen molar-refractivity contribution in [3.8, 4) is 0 Å². The van der Waals surface area contributed by atoms with E-state index in [-0.39, 0.29) is 46.6 Å². The summed E-state index contributed by atoms with van der Waals surface area (Å²) in [5.74, 6) is 5.60. The lowest BCUT2D eigenvalue weighted by atomic mass is 9.75. The Kier molecular flexibility index (Phi) is 37.5. The van der Waals surface area contributed by atoms with Crippen LogP contribution in [0.1, 0.15) is 280 Å². The molecule has 0 aromatic rings. The Balaban J connectivity index is 0.000000270. The first-order chi connectivity index (χ1) is 48.9. The van der Waals surface area contributed by atoms with Crippen molar-refractivity contribution in [2.45, 2.75) is 291 Å². The first-order valence-electron chi connectivity index (χ1n) is 41.8. The Hall–Kier alpha value is -3.44. The molecule has 6 amide bonds. The standard InChI is InChI=1S/C16H28N2O2.C15H26N2O2.2C14H28N2O.C14H27NO2S.C11H23NO2S/c1-16(2,3)13-7-10-17(11-8-13)15(20)12-18-9-5-4-6-14(18)19;1-15(2,3)12-6-9-16(10-7-12)14(19)11-17-8-4-5-13(17)18;1-14(2,3)12-6-10-16(11-7-12)13(17)8-9-15(4)5;1-11(15(5)6)13(17)16-9-7-12(8-10-16)14(2,3)4;1-14(2,3)12-8-10-15(11-9-12)18(16,17)13-6-4-5-7-13;1-5-15(13,14)12-8-6-10(7-9-12)11(2,3)4/h13H,4-12H2,1-3H3;12H,4-11H2,1-3H3;12H,6-11H2,1-5H3;11-12H,7-10H2,1-6H3;12-13H,4-11H2,1-3H3;10H,5-9H2,1-4H3. The maximum Gasteiger partial charge on any atom is 0.242 e. The van der Waals surface area contributed by atoms with Crippen molar-refractivity contribution in [1.82, 2.24) is 47.8 Å². The van der Waals surface area contributed by atoms with E-state index < -0.39 is 20.0 Å². The third kappa shape index (κ3) is 31.3. The van der Waals surface area contributed by atoms with E-state index >= 15 is 0 Å². The molecule has 0 radical (unpaired) electrons. The summed E-state index contributed by atoms with van der Waals surface area (Å²) in [6.45, 7) is 57.7. The van der Waals surface area contributed by atoms with Crippen LogP contribution in [-0.2, 0) is 48.8 Å². The van der Waals surface area contributed by atoms with Crippen molar-refractivity contribution in [1.29, 1.82) is 0 Å². The number of sulfonamides is 2. The van der Waals surface area contributed by atoms with Gasteiger partial charge in [0.05, 0.1) is 30.1 Å². The molecular formula is C84H160N10O10S2. The van der Waals surface area contributed by atoms with Gasteiger partial charge in [-0.25, -0.2) is 25.4 Å². The number of nitrogens with zero attached hydrogens (tertiary/aromatic N) is 10. The predicted octanol–water partition coefficient (Wildman–Crippen LogP) is 13.7. The number of likely N-dealkylation sites (tertiary alicyclic amines) is 6. The Labute approximate surface area is 649 Å². The molecule has 0 aromatic heterocycles. The molecule has 8 heterocycles. The molecule has 8 aliphatic heterocycles. The summed E-state index contributed by atoms with van der Waals surface area (Å²) in [4.78, 5) is 87.4. The maximum absolute atomic E-state index is 12.5. The highest BCUT2D eigenvalue weighted by atomic mass is 32.2. The minimum Gasteiger partial charge on any atom is -0.343 e. The smallest absolute Gasteiger partial charge is 0.242 e. The average molecular weight is 1530 g/mol. The Morgan fingerprint density at radius 3 is 0.972 bits per heavy atom. The molecule has 9 rings (SSSR count). The number of hydrogen-bond donors (Lipinski definition) is 0. The van der Waals surface area contributed by atoms with Crippen LogP contribution in [0.25, 0.3) is 0 Å². The second kappa shape index (κ2) is 41.9. The highest BCUT2D eigenvalue weighted by molar-refractivity contribution is 7.89. The monoisotopic (exact) mass is 1530 g/mol. The molecule has 0 bridgehead atoms. The highest BCUT2D eigenvalue weighted by Crippen LogP contribution is 2.41. The highest BCUT2D eigenvalue weighted by Gasteiger charge is 2.41. The number of carbonyl (C=O) groups excluding carboxylic acids is 6. The van der Waals surface area contributed by atoms with E-state index in [1.54, 1.807) is 25.3 Å². The molecule has 1 aliphatic carbocycles. The zero-order valence-corrected chi connectivity index (χ0v) is 73.9. The topological polar surface area (TPSA) is 203 Å². The molecule has 0 spiro atoms. The lowest BCUT2D eigenvalue weighted by molar-refractivity contribution is -0.142. The van der Waals surface area contributed by atoms with Gasteiger partial charge in [0.15, 0.2) is 0 Å². The lowest BCUT2D eigenvalue weighted by Crippen LogP contribution is -2.48. The van der Waals surface area contributed by atoms with Gasteiger partial charge in [0.25, 0.3) is 0 Å². The van der Waals surface area contributed by atoms with Crippen LogP contribution < -0.4 is 0 Å². The molecule has 0 aromatic carbocycles. The van der Waals surface area contributed by atoms with E-state index in [4.69, 9.17) is 0 Å². The van der Waals surface area contributed by atoms with Crippen LogP contribution in [0.2, 0.25) is 0 Å². The Morgan fingerprint density at radius 1 is 0.387 bits per heavy atom. The van der Waals surface area contributed by atoms with Crippen LogP contribution in [0.4, 0.5) is 0 Å². The predicted molar refractivity (Wildman–Crippen MR) is 436 cm³/mol. The number of rotatable bonds is 13. The Morgan fingerprint density at radius 2 is 0.679 bits per heavy atom. The third-order valence-corrected chi connectivity index (χ3v) is 29.9. The van der Waals surface area contributed by atoms with Gasteiger partial charge in [-0.15, -0.1) is 0 Å². The van der Waals surface area contributed by atoms with Gasteiger partial charge < -0.3 is 34.3 Å². The third-order valence-electron chi connectivity index (χ3n) is 25.6. The minimum absolute atomic E-state index is 0.00110. The van der Waals surface area contributed by atoms with Gasteiger partial charge >= 0.3 is 0 Å². The van der Waals surface area contributed by atoms with E-state index in [0.717, 1.165) is 219 Å². The van der Waals surface area contributed by atoms with E-state index in [9.17, 15) is 45.6 Å². The van der Waals surface area contributed by atoms with Crippen LogP contribution in [-0.4, -0.2) is 257 Å². The SMILES string of the molecule is CC(C(=O)N1CCC(C(C)(C)C)CC1)N(C)C.CC(C)(C)C1CCN(C(=O)CN2CCCC2=O)CC1.CC(C)(C)C1CCN(C(=O)CN2CCCCC2=O)CC1.CC(C)(C)C1CCN(S(=O)(=O)C2CCCC2)CC1.CCS(=O)(=O)N1CCC(C(C)(C)C)CC1.CN(C)CCC(=O)N1CCC(C(C)(C)C)CC1. The van der Waals surface area contributed by atoms with E-state index in [1.165, 1.54) is 0 Å². The van der Waals surface area contributed by atoms with Crippen LogP contribution in [0.15, 0.2) is 0 Å². The zero-order valence-electron chi connectivity index (χ0n) is 72.3. The first-order valence-corrected chi connectivity index (χ1v) is 44.9. The second-order valence-electron chi connectivity index (χ2n) is 39.8. The number of likely N-dealkylation sites (N-methyl/N-ethyl adjacent to an activating group) is 1. The molecule has 618 valence electrons. The molecule has 1 saturated carbocycles. The molecule has 0 N–H and O–H groups in total. The van der Waals surface area contributed by atoms with Gasteiger partial charge in [-0.3, -0.25) is 33.7 Å². The molecule has 106 heavy (non-hydrogen) atoms. The first kappa shape index (κ1) is 94.9. The molecule has 1 atom stereocenters. The fraction of sp³-hybridized carbons (Fsp3) is 0.929. The summed E-state index contributed by atoms with van der Waals surface area (Å²) in [7, 11) is 2.00. The number of amides is 6. The van der Waals surface area contributed by atoms with Crippen molar-refractivity contribution < 1.29 is 45.6 Å². The van der Waals surface area contributed by atoms with E-state index in [2.05, 4.69) is 130 Å². The van der Waals surface area contributed by atoms with Crippen LogP contribution in [0.5, 0.6) is 0 Å². The summed E-state index contributed by atoms with van der Waals surface area (Å²) in [6, 6.07) is 0.00110. The second-order valence-corrected chi connectivity index (χ2v) is 44.3. The molecular weight excluding hydrogens is 1370 g/mol. The van der Waals surface area contributed by atoms with Gasteiger partial charge in [-0.1, -0.05) is 137 Å². The molecule has 9 fully saturated rings. The van der Waals surface area contributed by atoms with Gasteiger partial charge in [0.1, 0.15) is 0 Å². The zero-order chi connectivity index (χ0) is 80.1. The van der Waals surface area contributed by atoms with Gasteiger partial charge in [-0.05, 0) is 219 Å². The maximum atomic E-state index is 12.5. The summed E-state index contributed by atoms with van der Waals surface area (Å²) < 4.78 is 51.6. The molecule has 8 saturated heterocycles. The summed E-state index contributed by atoms with van der Waals surface area (Å²) in [5.41, 5.74) is 2.05. The number of carbonyl (C=O) groups is 6. The van der Waals surface area contributed by atoms with E-state index in [1.807, 2.05) is 59.6 Å². The van der Waals surface area contributed by atoms with Crippen molar-refractivity contribution >= 4 is 55.5 Å². The van der Waals surface area contributed by atoms with Gasteiger partial charge in [0, 0.05) is 117 Å². The Bertz CT molecular complexity index is 2900.